The lowest BCUT2D eigenvalue weighted by molar-refractivity contribution is -0.132. The van der Waals surface area contributed by atoms with Gasteiger partial charge in [-0.1, -0.05) is 52.4 Å². The molecule has 110 valence electrons. The second-order valence-electron chi connectivity index (χ2n) is 6.18. The van der Waals surface area contributed by atoms with Crippen LogP contribution in [0.5, 0.6) is 0 Å². The first-order valence-electron chi connectivity index (χ1n) is 8.36. The average Bonchev–Trinajstić information content (AvgIpc) is 2.67. The van der Waals surface area contributed by atoms with Gasteiger partial charge in [-0.2, -0.15) is 0 Å². The van der Waals surface area contributed by atoms with Crippen LogP contribution in [0.15, 0.2) is 0 Å². The zero-order chi connectivity index (χ0) is 13.7. The van der Waals surface area contributed by atoms with E-state index in [-0.39, 0.29) is 12.2 Å². The third kappa shape index (κ3) is 3.50. The van der Waals surface area contributed by atoms with Crippen molar-refractivity contribution in [1.29, 1.82) is 0 Å². The van der Waals surface area contributed by atoms with Gasteiger partial charge in [0, 0.05) is 6.04 Å². The fraction of sp³-hybridized carbons (Fsp3) is 0.938. The molecule has 1 saturated heterocycles. The minimum atomic E-state index is 0.0837. The molecule has 1 aliphatic heterocycles. The molecule has 1 amide bonds. The van der Waals surface area contributed by atoms with E-state index in [1.54, 1.807) is 0 Å². The van der Waals surface area contributed by atoms with Crippen LogP contribution in [0.3, 0.4) is 0 Å². The smallest absolute Gasteiger partial charge is 0.241 e. The lowest BCUT2D eigenvalue weighted by Crippen LogP contribution is -2.44. The molecule has 3 heteroatoms. The van der Waals surface area contributed by atoms with Crippen molar-refractivity contribution in [3.05, 3.63) is 0 Å². The highest BCUT2D eigenvalue weighted by molar-refractivity contribution is 5.84. The fourth-order valence-electron chi connectivity index (χ4n) is 3.67. The molecule has 0 aromatic heterocycles. The Balaban J connectivity index is 2.04. The summed E-state index contributed by atoms with van der Waals surface area (Å²) in [6.45, 7) is 4.35. The maximum absolute atomic E-state index is 12.6. The Labute approximate surface area is 118 Å². The van der Waals surface area contributed by atoms with Gasteiger partial charge in [-0.3, -0.25) is 10.1 Å². The van der Waals surface area contributed by atoms with Gasteiger partial charge in [-0.25, -0.2) is 0 Å². The minimum absolute atomic E-state index is 0.0837. The maximum Gasteiger partial charge on any atom is 0.241 e. The summed E-state index contributed by atoms with van der Waals surface area (Å²) in [5, 5.41) is 3.55. The summed E-state index contributed by atoms with van der Waals surface area (Å²) >= 11 is 0. The van der Waals surface area contributed by atoms with Crippen molar-refractivity contribution in [1.82, 2.24) is 10.2 Å². The molecule has 1 saturated carbocycles. The molecule has 0 aromatic rings. The van der Waals surface area contributed by atoms with Crippen molar-refractivity contribution in [2.24, 2.45) is 0 Å². The van der Waals surface area contributed by atoms with E-state index in [0.717, 1.165) is 19.3 Å². The number of hydrogen-bond donors (Lipinski definition) is 1. The molecule has 0 bridgehead atoms. The lowest BCUT2D eigenvalue weighted by Gasteiger charge is -2.33. The third-order valence-corrected chi connectivity index (χ3v) is 4.71. The van der Waals surface area contributed by atoms with E-state index >= 15 is 0 Å². The van der Waals surface area contributed by atoms with E-state index in [1.807, 2.05) is 0 Å². The van der Waals surface area contributed by atoms with E-state index in [1.165, 1.54) is 44.9 Å². The van der Waals surface area contributed by atoms with Gasteiger partial charge in [-0.05, 0) is 25.7 Å². The molecule has 2 atom stereocenters. The molecule has 2 unspecified atom stereocenters. The monoisotopic (exact) mass is 266 g/mol. The van der Waals surface area contributed by atoms with Crippen LogP contribution in [-0.2, 0) is 4.79 Å². The zero-order valence-corrected chi connectivity index (χ0v) is 12.7. The Kier molecular flexibility index (Phi) is 5.68. The third-order valence-electron chi connectivity index (χ3n) is 4.71. The number of rotatable bonds is 4. The summed E-state index contributed by atoms with van der Waals surface area (Å²) in [6.07, 6.45) is 12.5. The number of carbonyl (C=O) groups excluding carboxylic acids is 1. The van der Waals surface area contributed by atoms with Crippen LogP contribution in [0.4, 0.5) is 0 Å². The number of nitrogens with zero attached hydrogens (tertiary/aromatic N) is 1. The quantitative estimate of drug-likeness (QED) is 0.845. The molecule has 3 nitrogen and oxygen atoms in total. The Hall–Kier alpha value is -0.570. The van der Waals surface area contributed by atoms with Crippen LogP contribution in [0.2, 0.25) is 0 Å². The molecule has 2 fully saturated rings. The van der Waals surface area contributed by atoms with Crippen LogP contribution >= 0.6 is 0 Å². The van der Waals surface area contributed by atoms with Crippen molar-refractivity contribution in [2.45, 2.75) is 96.3 Å². The summed E-state index contributed by atoms with van der Waals surface area (Å²) in [5.74, 6) is 0.374. The minimum Gasteiger partial charge on any atom is -0.323 e. The molecular weight excluding hydrogens is 236 g/mol. The van der Waals surface area contributed by atoms with Crippen molar-refractivity contribution < 1.29 is 4.79 Å². The fourth-order valence-corrected chi connectivity index (χ4v) is 3.67. The SMILES string of the molecule is CCCC1NC(CC)N(C2CCCCCCC2)C1=O. The summed E-state index contributed by atoms with van der Waals surface area (Å²) in [5.41, 5.74) is 0. The molecule has 1 N–H and O–H groups in total. The van der Waals surface area contributed by atoms with E-state index in [9.17, 15) is 4.79 Å². The van der Waals surface area contributed by atoms with E-state index in [4.69, 9.17) is 0 Å². The van der Waals surface area contributed by atoms with Crippen LogP contribution in [0.1, 0.15) is 78.1 Å². The highest BCUT2D eigenvalue weighted by Gasteiger charge is 2.40. The van der Waals surface area contributed by atoms with Crippen molar-refractivity contribution in [3.63, 3.8) is 0 Å². The van der Waals surface area contributed by atoms with Crippen LogP contribution < -0.4 is 5.32 Å². The van der Waals surface area contributed by atoms with Gasteiger partial charge in [0.05, 0.1) is 12.2 Å². The van der Waals surface area contributed by atoms with E-state index < -0.39 is 0 Å². The maximum atomic E-state index is 12.6. The molecule has 2 rings (SSSR count). The van der Waals surface area contributed by atoms with Gasteiger partial charge in [0.2, 0.25) is 5.91 Å². The van der Waals surface area contributed by atoms with E-state index in [2.05, 4.69) is 24.1 Å². The van der Waals surface area contributed by atoms with Gasteiger partial charge in [0.1, 0.15) is 0 Å². The van der Waals surface area contributed by atoms with Gasteiger partial charge in [0.15, 0.2) is 0 Å². The Bertz CT molecular complexity index is 284. The Morgan fingerprint density at radius 3 is 2.32 bits per heavy atom. The molecule has 0 spiro atoms. The topological polar surface area (TPSA) is 32.3 Å². The molecule has 19 heavy (non-hydrogen) atoms. The molecule has 1 aliphatic carbocycles. The van der Waals surface area contributed by atoms with Crippen molar-refractivity contribution in [2.75, 3.05) is 0 Å². The predicted octanol–water partition coefficient (Wildman–Crippen LogP) is 3.44. The summed E-state index contributed by atoms with van der Waals surface area (Å²) in [6, 6.07) is 0.576. The van der Waals surface area contributed by atoms with Crippen LogP contribution in [-0.4, -0.2) is 29.1 Å². The number of hydrogen-bond acceptors (Lipinski definition) is 2. The standard InChI is InChI=1S/C16H30N2O/c1-3-10-14-16(19)18(15(4-2)17-14)13-11-8-6-5-7-9-12-13/h13-15,17H,3-12H2,1-2H3. The summed E-state index contributed by atoms with van der Waals surface area (Å²) in [7, 11) is 0. The highest BCUT2D eigenvalue weighted by Crippen LogP contribution is 2.27. The predicted molar refractivity (Wildman–Crippen MR) is 78.9 cm³/mol. The van der Waals surface area contributed by atoms with Gasteiger partial charge in [0.25, 0.3) is 0 Å². The van der Waals surface area contributed by atoms with Crippen LogP contribution in [0.25, 0.3) is 0 Å². The number of carbonyl (C=O) groups is 1. The Morgan fingerprint density at radius 1 is 1.11 bits per heavy atom. The van der Waals surface area contributed by atoms with Crippen LogP contribution in [0, 0.1) is 0 Å². The highest BCUT2D eigenvalue weighted by atomic mass is 16.2. The first kappa shape index (κ1) is 14.8. The van der Waals surface area contributed by atoms with Crippen molar-refractivity contribution in [3.8, 4) is 0 Å². The lowest BCUT2D eigenvalue weighted by atomic mass is 9.95. The molecule has 1 heterocycles. The molecule has 0 radical (unpaired) electrons. The van der Waals surface area contributed by atoms with Gasteiger partial charge >= 0.3 is 0 Å². The average molecular weight is 266 g/mol. The number of amides is 1. The largest absolute Gasteiger partial charge is 0.323 e. The molecular formula is C16H30N2O. The first-order chi connectivity index (χ1) is 9.27. The summed E-state index contributed by atoms with van der Waals surface area (Å²) < 4.78 is 0. The number of nitrogens with one attached hydrogen (secondary N) is 1. The second-order valence-corrected chi connectivity index (χ2v) is 6.18. The zero-order valence-electron chi connectivity index (χ0n) is 12.7. The normalized spacial score (nSPS) is 30.4. The molecule has 2 aliphatic rings. The van der Waals surface area contributed by atoms with Gasteiger partial charge < -0.3 is 4.90 Å². The Morgan fingerprint density at radius 2 is 1.74 bits per heavy atom. The summed E-state index contributed by atoms with van der Waals surface area (Å²) in [4.78, 5) is 14.8. The van der Waals surface area contributed by atoms with Gasteiger partial charge in [-0.15, -0.1) is 0 Å². The van der Waals surface area contributed by atoms with Crippen molar-refractivity contribution >= 4 is 5.91 Å². The second kappa shape index (κ2) is 7.28. The first-order valence-corrected chi connectivity index (χ1v) is 8.36. The van der Waals surface area contributed by atoms with E-state index in [0.29, 0.717) is 11.9 Å². The molecule has 0 aromatic carbocycles.